The zero-order valence-electron chi connectivity index (χ0n) is 11.3. The molecule has 1 saturated heterocycles. The first-order valence-electron chi connectivity index (χ1n) is 6.93. The predicted octanol–water partition coefficient (Wildman–Crippen LogP) is 1.20. The van der Waals surface area contributed by atoms with Gasteiger partial charge in [0.25, 0.3) is 0 Å². The van der Waals surface area contributed by atoms with Crippen molar-refractivity contribution in [1.29, 1.82) is 0 Å². The Bertz CT molecular complexity index is 320. The second kappa shape index (κ2) is 7.34. The number of aromatic nitrogens is 1. The number of unbranched alkanes of at least 4 members (excludes halogenated alkanes) is 1. The number of hydrogen-bond donors (Lipinski definition) is 1. The minimum Gasteiger partial charge on any atom is -0.354 e. The van der Waals surface area contributed by atoms with E-state index in [0.717, 1.165) is 38.5 Å². The van der Waals surface area contributed by atoms with Crippen LogP contribution in [0.25, 0.3) is 0 Å². The Morgan fingerprint density at radius 3 is 2.67 bits per heavy atom. The molecule has 0 aromatic carbocycles. The van der Waals surface area contributed by atoms with Crippen LogP contribution in [0.1, 0.15) is 12.8 Å². The van der Waals surface area contributed by atoms with Crippen molar-refractivity contribution >= 4 is 5.82 Å². The Labute approximate surface area is 110 Å². The Morgan fingerprint density at radius 2 is 2.00 bits per heavy atom. The van der Waals surface area contributed by atoms with E-state index < -0.39 is 0 Å². The third-order valence-corrected chi connectivity index (χ3v) is 3.50. The van der Waals surface area contributed by atoms with Gasteiger partial charge in [-0.2, -0.15) is 0 Å². The van der Waals surface area contributed by atoms with Crippen LogP contribution in [0.15, 0.2) is 24.4 Å². The van der Waals surface area contributed by atoms with Crippen LogP contribution in [0.2, 0.25) is 0 Å². The van der Waals surface area contributed by atoms with Gasteiger partial charge in [0.05, 0.1) is 0 Å². The second-order valence-corrected chi connectivity index (χ2v) is 4.83. The van der Waals surface area contributed by atoms with E-state index in [9.17, 15) is 0 Å². The zero-order chi connectivity index (χ0) is 12.6. The number of nitrogens with one attached hydrogen (secondary N) is 1. The fourth-order valence-corrected chi connectivity index (χ4v) is 2.38. The van der Waals surface area contributed by atoms with E-state index in [4.69, 9.17) is 0 Å². The highest BCUT2D eigenvalue weighted by molar-refractivity contribution is 5.38. The summed E-state index contributed by atoms with van der Waals surface area (Å²) in [5, 5.41) is 3.20. The molecule has 100 valence electrons. The first-order valence-corrected chi connectivity index (χ1v) is 6.93. The minimum atomic E-state index is 1.10. The lowest BCUT2D eigenvalue weighted by Crippen LogP contribution is -2.46. The molecule has 2 heterocycles. The lowest BCUT2D eigenvalue weighted by molar-refractivity contribution is 0.252. The molecule has 1 aliphatic heterocycles. The van der Waals surface area contributed by atoms with Crippen LogP contribution in [-0.2, 0) is 0 Å². The average Bonchev–Trinajstić information content (AvgIpc) is 2.45. The summed E-state index contributed by atoms with van der Waals surface area (Å²) in [6.07, 6.45) is 4.45. The average molecular weight is 248 g/mol. The number of nitrogens with zero attached hydrogens (tertiary/aromatic N) is 3. The van der Waals surface area contributed by atoms with Gasteiger partial charge in [0.15, 0.2) is 0 Å². The second-order valence-electron chi connectivity index (χ2n) is 4.83. The Morgan fingerprint density at radius 1 is 1.17 bits per heavy atom. The molecular weight excluding hydrogens is 224 g/mol. The van der Waals surface area contributed by atoms with Crippen molar-refractivity contribution in [3.05, 3.63) is 24.4 Å². The molecule has 0 unspecified atom stereocenters. The molecule has 4 nitrogen and oxygen atoms in total. The molecule has 2 rings (SSSR count). The van der Waals surface area contributed by atoms with Crippen LogP contribution in [0.5, 0.6) is 0 Å². The van der Waals surface area contributed by atoms with Gasteiger partial charge in [-0.25, -0.2) is 4.98 Å². The molecule has 0 aliphatic carbocycles. The molecule has 4 heteroatoms. The molecule has 0 saturated carbocycles. The molecule has 1 aromatic rings. The van der Waals surface area contributed by atoms with Crippen molar-refractivity contribution < 1.29 is 0 Å². The number of pyridine rings is 1. The van der Waals surface area contributed by atoms with Crippen molar-refractivity contribution in [2.45, 2.75) is 12.8 Å². The lowest BCUT2D eigenvalue weighted by Gasteiger charge is -2.35. The molecule has 0 radical (unpaired) electrons. The number of anilines is 1. The molecule has 1 N–H and O–H groups in total. The SMILES string of the molecule is CNCCCCN1CCN(c2ccccn2)CC1. The standard InChI is InChI=1S/C14H24N4/c1-15-7-4-5-9-17-10-12-18(13-11-17)14-6-2-3-8-16-14/h2-3,6,8,15H,4-5,7,9-13H2,1H3. The van der Waals surface area contributed by atoms with Crippen LogP contribution in [0.4, 0.5) is 5.82 Å². The van der Waals surface area contributed by atoms with Crippen LogP contribution >= 0.6 is 0 Å². The fourth-order valence-electron chi connectivity index (χ4n) is 2.38. The van der Waals surface area contributed by atoms with E-state index >= 15 is 0 Å². The first kappa shape index (κ1) is 13.3. The Hall–Kier alpha value is -1.13. The molecular formula is C14H24N4. The van der Waals surface area contributed by atoms with Crippen molar-refractivity contribution in [3.8, 4) is 0 Å². The van der Waals surface area contributed by atoms with E-state index in [1.54, 1.807) is 0 Å². The fraction of sp³-hybridized carbons (Fsp3) is 0.643. The highest BCUT2D eigenvalue weighted by atomic mass is 15.3. The largest absolute Gasteiger partial charge is 0.354 e. The molecule has 1 fully saturated rings. The quantitative estimate of drug-likeness (QED) is 0.767. The van der Waals surface area contributed by atoms with Crippen molar-refractivity contribution in [1.82, 2.24) is 15.2 Å². The van der Waals surface area contributed by atoms with Gasteiger partial charge in [-0.3, -0.25) is 4.90 Å². The normalized spacial score (nSPS) is 17.1. The van der Waals surface area contributed by atoms with Gasteiger partial charge in [0.2, 0.25) is 0 Å². The van der Waals surface area contributed by atoms with Gasteiger partial charge in [-0.05, 0) is 45.1 Å². The van der Waals surface area contributed by atoms with Crippen LogP contribution in [-0.4, -0.2) is 56.2 Å². The van der Waals surface area contributed by atoms with Gasteiger partial charge in [-0.1, -0.05) is 6.07 Å². The summed E-state index contributed by atoms with van der Waals surface area (Å²) in [7, 11) is 2.02. The summed E-state index contributed by atoms with van der Waals surface area (Å²) in [6.45, 7) is 6.89. The maximum absolute atomic E-state index is 4.41. The highest BCUT2D eigenvalue weighted by Gasteiger charge is 2.16. The molecule has 0 spiro atoms. The third kappa shape index (κ3) is 3.96. The smallest absolute Gasteiger partial charge is 0.128 e. The van der Waals surface area contributed by atoms with Crippen LogP contribution in [0.3, 0.4) is 0 Å². The molecule has 18 heavy (non-hydrogen) atoms. The summed E-state index contributed by atoms with van der Waals surface area (Å²) >= 11 is 0. The van der Waals surface area contributed by atoms with Crippen LogP contribution in [0, 0.1) is 0 Å². The molecule has 1 aromatic heterocycles. The Balaban J connectivity index is 1.68. The summed E-state index contributed by atoms with van der Waals surface area (Å²) in [4.78, 5) is 9.36. The monoisotopic (exact) mass is 248 g/mol. The molecule has 0 atom stereocenters. The van der Waals surface area contributed by atoms with E-state index in [0.29, 0.717) is 0 Å². The number of piperazine rings is 1. The summed E-state index contributed by atoms with van der Waals surface area (Å²) in [6, 6.07) is 6.14. The summed E-state index contributed by atoms with van der Waals surface area (Å²) in [5.74, 6) is 1.12. The van der Waals surface area contributed by atoms with Gasteiger partial charge in [0.1, 0.15) is 5.82 Å². The summed E-state index contributed by atoms with van der Waals surface area (Å²) in [5.41, 5.74) is 0. The van der Waals surface area contributed by atoms with Crippen molar-refractivity contribution in [2.24, 2.45) is 0 Å². The zero-order valence-corrected chi connectivity index (χ0v) is 11.3. The van der Waals surface area contributed by atoms with Crippen molar-refractivity contribution in [3.63, 3.8) is 0 Å². The van der Waals surface area contributed by atoms with E-state index in [1.807, 2.05) is 19.3 Å². The van der Waals surface area contributed by atoms with Gasteiger partial charge in [-0.15, -0.1) is 0 Å². The maximum Gasteiger partial charge on any atom is 0.128 e. The van der Waals surface area contributed by atoms with E-state index in [-0.39, 0.29) is 0 Å². The first-order chi connectivity index (χ1) is 8.90. The summed E-state index contributed by atoms with van der Waals surface area (Å²) < 4.78 is 0. The molecule has 1 aliphatic rings. The highest BCUT2D eigenvalue weighted by Crippen LogP contribution is 2.12. The third-order valence-electron chi connectivity index (χ3n) is 3.50. The van der Waals surface area contributed by atoms with Crippen molar-refractivity contribution in [2.75, 3.05) is 51.2 Å². The van der Waals surface area contributed by atoms with E-state index in [1.165, 1.54) is 19.4 Å². The van der Waals surface area contributed by atoms with Gasteiger partial charge < -0.3 is 10.2 Å². The van der Waals surface area contributed by atoms with Gasteiger partial charge >= 0.3 is 0 Å². The van der Waals surface area contributed by atoms with E-state index in [2.05, 4.69) is 32.2 Å². The topological polar surface area (TPSA) is 31.4 Å². The lowest BCUT2D eigenvalue weighted by atomic mass is 10.2. The van der Waals surface area contributed by atoms with Crippen LogP contribution < -0.4 is 10.2 Å². The van der Waals surface area contributed by atoms with Gasteiger partial charge in [0, 0.05) is 32.4 Å². The molecule has 0 amide bonds. The Kier molecular flexibility index (Phi) is 5.42. The number of rotatable bonds is 6. The molecule has 0 bridgehead atoms. The minimum absolute atomic E-state index is 1.10. The maximum atomic E-state index is 4.41. The predicted molar refractivity (Wildman–Crippen MR) is 76.1 cm³/mol. The number of hydrogen-bond acceptors (Lipinski definition) is 4.